The molecule has 7 aromatic rings. The van der Waals surface area contributed by atoms with E-state index < -0.39 is 0 Å². The standard InChI is InChI=1S/C58H66N18O2/c1-74(2)22-23-77-42-24-37(30-61-33-42)39-26-44-46(12-17-60-29-39)70-72-51(44)57-67-54-50(13-18-64-56(54)69-57)76-21-7-8-36(35-76)47-28-48-45(27-40(32-65-47)38-25-43(34-62-31-38)78-41-10-15-59-16-11-41)52(73-71-48)58-66-53-49(75-19-4-3-5-20-75)9-6-14-63-55(53)68-58/h6,9,12-14,18,24-34,36,41,47,59-60,63,65,70-71H,3-5,7-8,10-11,15-17,19-23,35H2,1-2H3,(H,66,68)(H,64,67,69)/b39-29+,40-32+,44-26+,45-27+,46-12-,48-28-/t36?,47-/m0/s1. The highest BCUT2D eigenvalue weighted by molar-refractivity contribution is 5.92. The van der Waals surface area contributed by atoms with Gasteiger partial charge in [-0.25, -0.2) is 15.0 Å². The molecule has 20 heteroatoms. The van der Waals surface area contributed by atoms with Gasteiger partial charge in [0.15, 0.2) is 23.1 Å². The first-order valence-corrected chi connectivity index (χ1v) is 27.5. The highest BCUT2D eigenvalue weighted by Gasteiger charge is 2.30. The van der Waals surface area contributed by atoms with Gasteiger partial charge in [0.2, 0.25) is 0 Å². The molecule has 0 bridgehead atoms. The van der Waals surface area contributed by atoms with Gasteiger partial charge < -0.3 is 55.4 Å². The molecule has 0 aliphatic carbocycles. The van der Waals surface area contributed by atoms with Crippen LogP contribution in [0.25, 0.3) is 75.3 Å². The van der Waals surface area contributed by atoms with Crippen LogP contribution in [-0.2, 0) is 0 Å². The molecule has 6 aliphatic rings. The minimum atomic E-state index is -0.0679. The van der Waals surface area contributed by atoms with E-state index in [0.717, 1.165) is 161 Å². The molecular weight excluding hydrogens is 981 g/mol. The van der Waals surface area contributed by atoms with Crippen LogP contribution in [0.5, 0.6) is 11.5 Å². The maximum atomic E-state index is 6.54. The van der Waals surface area contributed by atoms with Crippen LogP contribution in [0.1, 0.15) is 61.8 Å². The molecule has 20 nitrogen and oxygen atoms in total. The fourth-order valence-corrected chi connectivity index (χ4v) is 11.5. The minimum absolute atomic E-state index is 0.0679. The van der Waals surface area contributed by atoms with Gasteiger partial charge in [0.05, 0.1) is 40.5 Å². The lowest BCUT2D eigenvalue weighted by Crippen LogP contribution is -2.45. The molecule has 6 aliphatic heterocycles. The summed E-state index contributed by atoms with van der Waals surface area (Å²) in [7, 11) is 4.06. The van der Waals surface area contributed by atoms with Gasteiger partial charge in [-0.15, -0.1) is 0 Å². The lowest BCUT2D eigenvalue weighted by atomic mass is 9.89. The number of H-pyrrole nitrogens is 4. The summed E-state index contributed by atoms with van der Waals surface area (Å²) >= 11 is 0. The number of pyridine rings is 3. The molecule has 0 spiro atoms. The summed E-state index contributed by atoms with van der Waals surface area (Å²) in [6.45, 7) is 7.58. The predicted octanol–water partition coefficient (Wildman–Crippen LogP) is 3.78. The number of allylic oxidation sites excluding steroid dienone is 4. The number of aromatic amines is 4. The first-order valence-electron chi connectivity index (χ1n) is 27.5. The second-order valence-electron chi connectivity index (χ2n) is 21.2. The fourth-order valence-electron chi connectivity index (χ4n) is 11.5. The van der Waals surface area contributed by atoms with Crippen LogP contribution < -0.4 is 56.8 Å². The maximum Gasteiger partial charge on any atom is 0.180 e. The van der Waals surface area contributed by atoms with Gasteiger partial charge in [-0.1, -0.05) is 0 Å². The normalized spacial score (nSPS) is 22.7. The average Bonchev–Trinajstić information content (AvgIpc) is 4.35. The number of nitrogens with one attached hydrogen (secondary N) is 8. The van der Waals surface area contributed by atoms with Crippen molar-refractivity contribution in [3.05, 3.63) is 118 Å². The van der Waals surface area contributed by atoms with Crippen molar-refractivity contribution in [3.63, 3.8) is 0 Å². The summed E-state index contributed by atoms with van der Waals surface area (Å²) in [5, 5.41) is 34.5. The number of fused-ring (bicyclic) bond motifs is 4. The highest BCUT2D eigenvalue weighted by Crippen LogP contribution is 2.34. The SMILES string of the molecule is CN(C)CCOc1cncc(C2=C\NC\C=c3/[nH]nc(-c4nc5nccc(N6CCCC([C@@H]7\C=c8/[nH]nc(-c9nc%10c([nH]9)C(N9CCCCC9)=CC=CN%10)/c8=C/C(c8cncc(OC9CCNCC9)c8)=C\N7)C6)c5[nH]4)/c3=C/2)c1. The Morgan fingerprint density at radius 2 is 1.54 bits per heavy atom. The van der Waals surface area contributed by atoms with Crippen LogP contribution in [0.15, 0.2) is 79.9 Å². The van der Waals surface area contributed by atoms with E-state index in [9.17, 15) is 0 Å². The zero-order chi connectivity index (χ0) is 52.4. The molecular formula is C58H66N18O2. The Hall–Kier alpha value is -8.49. The number of ether oxygens (including phenoxy) is 2. The molecule has 3 saturated heterocycles. The van der Waals surface area contributed by atoms with E-state index >= 15 is 0 Å². The van der Waals surface area contributed by atoms with Gasteiger partial charge in [-0.3, -0.25) is 20.2 Å². The number of likely N-dealkylation sites (N-methyl/N-ethyl adjacent to an activating group) is 1. The van der Waals surface area contributed by atoms with E-state index in [-0.39, 0.29) is 18.1 Å². The Kier molecular flexibility index (Phi) is 13.8. The van der Waals surface area contributed by atoms with E-state index in [0.29, 0.717) is 36.1 Å². The molecule has 2 atom stereocenters. The van der Waals surface area contributed by atoms with Crippen LogP contribution >= 0.6 is 0 Å². The number of nitrogens with zero attached hydrogens (tertiary/aromatic N) is 10. The van der Waals surface area contributed by atoms with Crippen molar-refractivity contribution in [1.29, 1.82) is 0 Å². The molecule has 78 heavy (non-hydrogen) atoms. The number of imidazole rings is 2. The third kappa shape index (κ3) is 10.3. The van der Waals surface area contributed by atoms with Crippen molar-refractivity contribution in [2.24, 2.45) is 5.92 Å². The summed E-state index contributed by atoms with van der Waals surface area (Å²) in [5.74, 6) is 3.81. The van der Waals surface area contributed by atoms with Crippen molar-refractivity contribution in [2.45, 2.75) is 57.1 Å². The van der Waals surface area contributed by atoms with E-state index in [1.807, 2.05) is 57.3 Å². The lowest BCUT2D eigenvalue weighted by molar-refractivity contribution is 0.162. The molecule has 8 N–H and O–H groups in total. The first kappa shape index (κ1) is 49.1. The van der Waals surface area contributed by atoms with Gasteiger partial charge in [-0.05, 0) is 138 Å². The zero-order valence-electron chi connectivity index (χ0n) is 44.1. The summed E-state index contributed by atoms with van der Waals surface area (Å²) in [4.78, 5) is 38.7. The zero-order valence-corrected chi connectivity index (χ0v) is 44.1. The topological polar surface area (TPSA) is 230 Å². The first-order chi connectivity index (χ1) is 38.4. The molecule has 0 saturated carbocycles. The molecule has 0 radical (unpaired) electrons. The van der Waals surface area contributed by atoms with E-state index in [1.165, 1.54) is 19.3 Å². The van der Waals surface area contributed by atoms with E-state index in [1.54, 1.807) is 6.20 Å². The monoisotopic (exact) mass is 1050 g/mol. The van der Waals surface area contributed by atoms with Gasteiger partial charge in [-0.2, -0.15) is 10.2 Å². The summed E-state index contributed by atoms with van der Waals surface area (Å²) < 4.78 is 12.6. The van der Waals surface area contributed by atoms with Crippen molar-refractivity contribution in [3.8, 4) is 34.5 Å². The largest absolute Gasteiger partial charge is 0.491 e. The Bertz CT molecular complexity index is 3720. The van der Waals surface area contributed by atoms with Crippen molar-refractivity contribution < 1.29 is 9.47 Å². The average molecular weight is 1050 g/mol. The number of piperidine rings is 3. The van der Waals surface area contributed by atoms with Crippen molar-refractivity contribution in [2.75, 3.05) is 83.3 Å². The summed E-state index contributed by atoms with van der Waals surface area (Å²) in [5.41, 5.74) is 9.90. The molecule has 0 amide bonds. The van der Waals surface area contributed by atoms with Gasteiger partial charge in [0, 0.05) is 104 Å². The smallest absolute Gasteiger partial charge is 0.180 e. The minimum Gasteiger partial charge on any atom is -0.491 e. The Labute approximate surface area is 451 Å². The van der Waals surface area contributed by atoms with Crippen molar-refractivity contribution >= 4 is 63.8 Å². The Balaban J connectivity index is 0.825. The molecule has 0 aromatic carbocycles. The number of aromatic nitrogens is 11. The number of likely N-dealkylation sites (tertiary alicyclic amines) is 1. The molecule has 1 unspecified atom stereocenters. The van der Waals surface area contributed by atoms with E-state index in [2.05, 4.69) is 116 Å². The summed E-state index contributed by atoms with van der Waals surface area (Å²) in [6, 6.07) is 6.17. The molecule has 400 valence electrons. The predicted molar refractivity (Wildman–Crippen MR) is 305 cm³/mol. The second kappa shape index (κ2) is 21.9. The Morgan fingerprint density at radius 1 is 0.782 bits per heavy atom. The van der Waals surface area contributed by atoms with Crippen LogP contribution in [0.4, 0.5) is 11.5 Å². The highest BCUT2D eigenvalue weighted by atomic mass is 16.5. The van der Waals surface area contributed by atoms with Crippen LogP contribution in [0.2, 0.25) is 0 Å². The number of hydrogen-bond acceptors (Lipinski definition) is 16. The number of hydrogen-bond donors (Lipinski definition) is 8. The maximum absolute atomic E-state index is 6.54. The van der Waals surface area contributed by atoms with E-state index in [4.69, 9.17) is 39.6 Å². The summed E-state index contributed by atoms with van der Waals surface area (Å²) in [6.07, 6.45) is 36.0. The number of anilines is 2. The van der Waals surface area contributed by atoms with Crippen molar-refractivity contribution in [1.82, 2.24) is 81.0 Å². The van der Waals surface area contributed by atoms with Gasteiger partial charge in [0.25, 0.3) is 0 Å². The van der Waals surface area contributed by atoms with Crippen LogP contribution in [0.3, 0.4) is 0 Å². The second-order valence-corrected chi connectivity index (χ2v) is 21.2. The Morgan fingerprint density at radius 3 is 2.37 bits per heavy atom. The third-order valence-electron chi connectivity index (χ3n) is 15.6. The molecule has 13 rings (SSSR count). The third-order valence-corrected chi connectivity index (χ3v) is 15.6. The molecule has 13 heterocycles. The molecule has 3 fully saturated rings. The quantitative estimate of drug-likeness (QED) is 0.0822. The molecule has 7 aromatic heterocycles. The fraction of sp³-hybridized carbons (Fsp3) is 0.362. The van der Waals surface area contributed by atoms with Crippen LogP contribution in [-0.4, -0.2) is 150 Å². The van der Waals surface area contributed by atoms with Crippen LogP contribution in [0, 0.1) is 5.92 Å². The lowest BCUT2D eigenvalue weighted by Gasteiger charge is -2.37. The van der Waals surface area contributed by atoms with Gasteiger partial charge >= 0.3 is 0 Å². The van der Waals surface area contributed by atoms with Gasteiger partial charge in [0.1, 0.15) is 46.8 Å². The number of rotatable bonds is 13.